The zero-order valence-corrected chi connectivity index (χ0v) is 15.1. The third kappa shape index (κ3) is 2.18. The molecule has 1 aliphatic heterocycles. The van der Waals surface area contributed by atoms with Crippen LogP contribution in [-0.2, 0) is 4.79 Å². The van der Waals surface area contributed by atoms with E-state index in [1.165, 1.54) is 6.07 Å². The van der Waals surface area contributed by atoms with Crippen LogP contribution in [0.2, 0.25) is 0 Å². The Morgan fingerprint density at radius 2 is 1.57 bits per heavy atom. The van der Waals surface area contributed by atoms with Crippen LogP contribution in [0.15, 0.2) is 56.1 Å². The molecule has 3 heterocycles. The first-order valence-electron chi connectivity index (χ1n) is 8.77. The van der Waals surface area contributed by atoms with Crippen molar-refractivity contribution in [1.29, 1.82) is 0 Å². The Balaban J connectivity index is 1.74. The maximum atomic E-state index is 13.0. The normalized spacial score (nSPS) is 16.4. The van der Waals surface area contributed by atoms with Crippen LogP contribution in [0.25, 0.3) is 21.9 Å². The molecule has 0 saturated carbocycles. The molecule has 0 radical (unpaired) electrons. The van der Waals surface area contributed by atoms with E-state index in [1.54, 1.807) is 31.2 Å². The van der Waals surface area contributed by atoms with Crippen LogP contribution in [0, 0.1) is 13.8 Å². The van der Waals surface area contributed by atoms with E-state index < -0.39 is 23.3 Å². The molecular weight excluding hydrogens is 360 g/mol. The van der Waals surface area contributed by atoms with E-state index in [2.05, 4.69) is 0 Å². The molecule has 0 bridgehead atoms. The highest BCUT2D eigenvalue weighted by Gasteiger charge is 2.40. The summed E-state index contributed by atoms with van der Waals surface area (Å²) in [5, 5.41) is 0.789. The summed E-state index contributed by atoms with van der Waals surface area (Å²) < 4.78 is 16.7. The number of para-hydroxylation sites is 2. The van der Waals surface area contributed by atoms with E-state index in [0.717, 1.165) is 5.56 Å². The first-order chi connectivity index (χ1) is 13.5. The lowest BCUT2D eigenvalue weighted by molar-refractivity contribution is -0.135. The number of fused-ring (bicyclic) bond motifs is 4. The van der Waals surface area contributed by atoms with Crippen molar-refractivity contribution in [3.05, 3.63) is 75.3 Å². The van der Waals surface area contributed by atoms with Crippen LogP contribution < -0.4 is 10.4 Å². The standard InChI is InChI=1S/C22H14O6/c1-10-5-3-7-12-17(23)16(22(25)28-18(10)12)15-9-14-20(26-15)13-8-4-6-11(2)19(13)27-21(14)24/h3-9,16H,1-2H3. The summed E-state index contributed by atoms with van der Waals surface area (Å²) in [7, 11) is 0. The summed E-state index contributed by atoms with van der Waals surface area (Å²) in [4.78, 5) is 38.0. The molecule has 0 spiro atoms. The van der Waals surface area contributed by atoms with Crippen LogP contribution in [-0.4, -0.2) is 11.8 Å². The van der Waals surface area contributed by atoms with Gasteiger partial charge in [0.05, 0.1) is 10.9 Å². The van der Waals surface area contributed by atoms with E-state index in [4.69, 9.17) is 13.6 Å². The number of hydrogen-bond acceptors (Lipinski definition) is 6. The van der Waals surface area contributed by atoms with Gasteiger partial charge >= 0.3 is 11.6 Å². The van der Waals surface area contributed by atoms with Gasteiger partial charge in [-0.2, -0.15) is 0 Å². The number of Topliss-reactive ketones (excluding diaryl/α,β-unsaturated/α-hetero) is 1. The molecule has 4 aromatic rings. The predicted molar refractivity (Wildman–Crippen MR) is 101 cm³/mol. The summed E-state index contributed by atoms with van der Waals surface area (Å²) >= 11 is 0. The largest absolute Gasteiger partial charge is 0.459 e. The summed E-state index contributed by atoms with van der Waals surface area (Å²) in [5.41, 5.74) is 1.92. The Morgan fingerprint density at radius 1 is 0.821 bits per heavy atom. The molecule has 2 aromatic heterocycles. The third-order valence-corrected chi connectivity index (χ3v) is 5.08. The molecule has 28 heavy (non-hydrogen) atoms. The Hall–Kier alpha value is -3.67. The van der Waals surface area contributed by atoms with Gasteiger partial charge in [-0.1, -0.05) is 24.3 Å². The highest BCUT2D eigenvalue weighted by molar-refractivity contribution is 6.17. The molecule has 1 aliphatic rings. The van der Waals surface area contributed by atoms with E-state index >= 15 is 0 Å². The minimum atomic E-state index is -1.26. The lowest BCUT2D eigenvalue weighted by atomic mass is 9.91. The van der Waals surface area contributed by atoms with Crippen molar-refractivity contribution in [3.8, 4) is 5.75 Å². The predicted octanol–water partition coefficient (Wildman–Crippen LogP) is 4.04. The van der Waals surface area contributed by atoms with Crippen molar-refractivity contribution in [3.63, 3.8) is 0 Å². The van der Waals surface area contributed by atoms with Gasteiger partial charge in [0.15, 0.2) is 17.3 Å². The number of ketones is 1. The highest BCUT2D eigenvalue weighted by Crippen LogP contribution is 2.38. The Bertz CT molecular complexity index is 1370. The number of carbonyl (C=O) groups is 2. The van der Waals surface area contributed by atoms with Gasteiger partial charge in [0.1, 0.15) is 22.5 Å². The minimum absolute atomic E-state index is 0.0680. The maximum absolute atomic E-state index is 13.0. The lowest BCUT2D eigenvalue weighted by Crippen LogP contribution is -2.31. The molecular formula is C22H14O6. The summed E-state index contributed by atoms with van der Waals surface area (Å²) in [6, 6.07) is 11.9. The lowest BCUT2D eigenvalue weighted by Gasteiger charge is -2.22. The fraction of sp³-hybridized carbons (Fsp3) is 0.136. The van der Waals surface area contributed by atoms with Crippen molar-refractivity contribution in [2.75, 3.05) is 0 Å². The van der Waals surface area contributed by atoms with Gasteiger partial charge in [-0.05, 0) is 43.2 Å². The molecule has 5 rings (SSSR count). The van der Waals surface area contributed by atoms with Crippen LogP contribution in [0.1, 0.15) is 33.2 Å². The second kappa shape index (κ2) is 5.66. The number of ether oxygens (including phenoxy) is 1. The number of hydrogen-bond donors (Lipinski definition) is 0. The molecule has 1 unspecified atom stereocenters. The Labute approximate surface area is 158 Å². The average Bonchev–Trinajstić information content (AvgIpc) is 3.10. The molecule has 2 aromatic carbocycles. The van der Waals surface area contributed by atoms with Crippen LogP contribution in [0.5, 0.6) is 5.75 Å². The molecule has 138 valence electrons. The number of benzene rings is 2. The van der Waals surface area contributed by atoms with E-state index in [9.17, 15) is 14.4 Å². The molecule has 0 N–H and O–H groups in total. The monoisotopic (exact) mass is 374 g/mol. The van der Waals surface area contributed by atoms with Gasteiger partial charge in [-0.25, -0.2) is 4.79 Å². The fourth-order valence-corrected chi connectivity index (χ4v) is 3.67. The van der Waals surface area contributed by atoms with Gasteiger partial charge in [-0.3, -0.25) is 9.59 Å². The van der Waals surface area contributed by atoms with E-state index in [1.807, 2.05) is 19.1 Å². The maximum Gasteiger partial charge on any atom is 0.347 e. The zero-order chi connectivity index (χ0) is 19.6. The first kappa shape index (κ1) is 16.5. The van der Waals surface area contributed by atoms with Crippen molar-refractivity contribution in [2.24, 2.45) is 0 Å². The highest BCUT2D eigenvalue weighted by atomic mass is 16.5. The topological polar surface area (TPSA) is 86.7 Å². The molecule has 1 atom stereocenters. The smallest absolute Gasteiger partial charge is 0.347 e. The second-order valence-electron chi connectivity index (χ2n) is 6.90. The average molecular weight is 374 g/mol. The number of esters is 1. The number of aryl methyl sites for hydroxylation is 2. The van der Waals surface area contributed by atoms with Crippen LogP contribution >= 0.6 is 0 Å². The Kier molecular flexibility index (Phi) is 3.34. The number of rotatable bonds is 1. The minimum Gasteiger partial charge on any atom is -0.459 e. The molecule has 6 heteroatoms. The SMILES string of the molecule is Cc1cccc2c1OC(=O)C(c1cc3c(=O)oc4c(C)cccc4c3o1)C2=O. The fourth-order valence-electron chi connectivity index (χ4n) is 3.67. The zero-order valence-electron chi connectivity index (χ0n) is 15.1. The van der Waals surface area contributed by atoms with Crippen LogP contribution in [0.4, 0.5) is 0 Å². The van der Waals surface area contributed by atoms with Gasteiger partial charge in [0, 0.05) is 0 Å². The van der Waals surface area contributed by atoms with Gasteiger partial charge in [0.25, 0.3) is 0 Å². The second-order valence-corrected chi connectivity index (χ2v) is 6.90. The summed E-state index contributed by atoms with van der Waals surface area (Å²) in [6.45, 7) is 3.59. The van der Waals surface area contributed by atoms with Gasteiger partial charge in [-0.15, -0.1) is 0 Å². The summed E-state index contributed by atoms with van der Waals surface area (Å²) in [6.07, 6.45) is 0. The molecule has 0 aliphatic carbocycles. The van der Waals surface area contributed by atoms with Gasteiger partial charge < -0.3 is 13.6 Å². The van der Waals surface area contributed by atoms with Crippen molar-refractivity contribution in [1.82, 2.24) is 0 Å². The Morgan fingerprint density at radius 3 is 2.39 bits per heavy atom. The summed E-state index contributed by atoms with van der Waals surface area (Å²) in [5.74, 6) is -2.07. The number of carbonyl (C=O) groups excluding carboxylic acids is 2. The van der Waals surface area contributed by atoms with Crippen molar-refractivity contribution >= 4 is 33.7 Å². The third-order valence-electron chi connectivity index (χ3n) is 5.08. The molecule has 0 amide bonds. The van der Waals surface area contributed by atoms with Crippen molar-refractivity contribution < 1.29 is 23.2 Å². The van der Waals surface area contributed by atoms with Gasteiger partial charge in [0.2, 0.25) is 0 Å². The van der Waals surface area contributed by atoms with E-state index in [-0.39, 0.29) is 16.9 Å². The quantitative estimate of drug-likeness (QED) is 0.216. The first-order valence-corrected chi connectivity index (χ1v) is 8.77. The van der Waals surface area contributed by atoms with E-state index in [0.29, 0.717) is 27.7 Å². The van der Waals surface area contributed by atoms with Crippen LogP contribution in [0.3, 0.4) is 0 Å². The molecule has 0 fully saturated rings. The number of furan rings is 1. The molecule has 6 nitrogen and oxygen atoms in total. The molecule has 0 saturated heterocycles. The van der Waals surface area contributed by atoms with Crippen molar-refractivity contribution in [2.45, 2.75) is 19.8 Å².